The Morgan fingerprint density at radius 2 is 1.83 bits per heavy atom. The van der Waals surface area contributed by atoms with E-state index in [1.165, 1.54) is 11.3 Å². The Morgan fingerprint density at radius 1 is 1.21 bits per heavy atom. The van der Waals surface area contributed by atoms with E-state index < -0.39 is 0 Å². The van der Waals surface area contributed by atoms with E-state index in [9.17, 15) is 4.79 Å². The molecule has 128 valence electrons. The second kappa shape index (κ2) is 7.16. The summed E-state index contributed by atoms with van der Waals surface area (Å²) in [5.41, 5.74) is 2.28. The molecule has 8 heteroatoms. The monoisotopic (exact) mass is 409 g/mol. The SMILES string of the molecule is Cc1nc(N2CCN(C)CC2)nc(C)c1NC(=O)c1cc(Br)cs1. The summed E-state index contributed by atoms with van der Waals surface area (Å²) in [5.74, 6) is 0.614. The van der Waals surface area contributed by atoms with Crippen molar-refractivity contribution < 1.29 is 4.79 Å². The number of piperazine rings is 1. The third-order valence-corrected chi connectivity index (χ3v) is 5.76. The zero-order chi connectivity index (χ0) is 17.3. The molecular formula is C16H20BrN5OS. The first-order valence-electron chi connectivity index (χ1n) is 7.78. The van der Waals surface area contributed by atoms with E-state index >= 15 is 0 Å². The molecule has 2 aromatic rings. The van der Waals surface area contributed by atoms with Gasteiger partial charge in [0, 0.05) is 36.0 Å². The highest BCUT2D eigenvalue weighted by Crippen LogP contribution is 2.24. The highest BCUT2D eigenvalue weighted by molar-refractivity contribution is 9.10. The van der Waals surface area contributed by atoms with Crippen LogP contribution in [-0.2, 0) is 0 Å². The number of hydrogen-bond donors (Lipinski definition) is 1. The van der Waals surface area contributed by atoms with Crippen LogP contribution in [0.25, 0.3) is 0 Å². The maximum absolute atomic E-state index is 12.4. The van der Waals surface area contributed by atoms with Gasteiger partial charge in [-0.15, -0.1) is 11.3 Å². The summed E-state index contributed by atoms with van der Waals surface area (Å²) in [7, 11) is 2.12. The molecule has 0 saturated carbocycles. The van der Waals surface area contributed by atoms with Gasteiger partial charge in [0.15, 0.2) is 0 Å². The van der Waals surface area contributed by atoms with E-state index in [0.717, 1.165) is 48.0 Å². The largest absolute Gasteiger partial charge is 0.338 e. The standard InChI is InChI=1S/C16H20BrN5OS/c1-10-14(20-15(23)13-8-12(17)9-24-13)11(2)19-16(18-10)22-6-4-21(3)5-7-22/h8-9H,4-7H2,1-3H3,(H,20,23). The fourth-order valence-electron chi connectivity index (χ4n) is 2.63. The number of nitrogens with zero attached hydrogens (tertiary/aromatic N) is 4. The molecule has 0 spiro atoms. The summed E-state index contributed by atoms with van der Waals surface area (Å²) < 4.78 is 0.910. The third kappa shape index (κ3) is 3.76. The lowest BCUT2D eigenvalue weighted by atomic mass is 10.2. The van der Waals surface area contributed by atoms with Gasteiger partial charge < -0.3 is 15.1 Å². The summed E-state index contributed by atoms with van der Waals surface area (Å²) in [6, 6.07) is 1.81. The molecule has 1 N–H and O–H groups in total. The van der Waals surface area contributed by atoms with Gasteiger partial charge in [0.05, 0.1) is 22.0 Å². The average molecular weight is 410 g/mol. The minimum absolute atomic E-state index is 0.132. The van der Waals surface area contributed by atoms with Gasteiger partial charge in [-0.3, -0.25) is 4.79 Å². The molecule has 3 rings (SSSR count). The number of carbonyl (C=O) groups is 1. The highest BCUT2D eigenvalue weighted by atomic mass is 79.9. The molecule has 0 bridgehead atoms. The fourth-order valence-corrected chi connectivity index (χ4v) is 3.96. The van der Waals surface area contributed by atoms with Crippen LogP contribution in [0.3, 0.4) is 0 Å². The van der Waals surface area contributed by atoms with Gasteiger partial charge in [0.25, 0.3) is 5.91 Å². The van der Waals surface area contributed by atoms with Gasteiger partial charge >= 0.3 is 0 Å². The maximum atomic E-state index is 12.4. The second-order valence-corrected chi connectivity index (χ2v) is 7.77. The van der Waals surface area contributed by atoms with Crippen LogP contribution in [0, 0.1) is 13.8 Å². The van der Waals surface area contributed by atoms with E-state index in [1.807, 2.05) is 25.3 Å². The lowest BCUT2D eigenvalue weighted by Gasteiger charge is -2.32. The Morgan fingerprint density at radius 3 is 2.38 bits per heavy atom. The number of hydrogen-bond acceptors (Lipinski definition) is 6. The molecule has 1 fully saturated rings. The van der Waals surface area contributed by atoms with Crippen molar-refractivity contribution in [2.45, 2.75) is 13.8 Å². The molecule has 1 amide bonds. The summed E-state index contributed by atoms with van der Waals surface area (Å²) in [4.78, 5) is 26.7. The molecule has 0 unspecified atom stereocenters. The number of nitrogens with one attached hydrogen (secondary N) is 1. The lowest BCUT2D eigenvalue weighted by molar-refractivity contribution is 0.103. The molecule has 0 aromatic carbocycles. The zero-order valence-corrected chi connectivity index (χ0v) is 16.4. The van der Waals surface area contributed by atoms with Crippen LogP contribution in [0.4, 0.5) is 11.6 Å². The lowest BCUT2D eigenvalue weighted by Crippen LogP contribution is -2.45. The summed E-state index contributed by atoms with van der Waals surface area (Å²) in [5, 5.41) is 4.83. The van der Waals surface area contributed by atoms with Gasteiger partial charge in [-0.25, -0.2) is 9.97 Å². The van der Waals surface area contributed by atoms with Crippen molar-refractivity contribution in [3.05, 3.63) is 32.2 Å². The number of halogens is 1. The topological polar surface area (TPSA) is 61.4 Å². The molecule has 0 atom stereocenters. The Labute approximate surface area is 154 Å². The number of thiophene rings is 1. The molecule has 2 aromatic heterocycles. The quantitative estimate of drug-likeness (QED) is 0.843. The Hall–Kier alpha value is -1.51. The van der Waals surface area contributed by atoms with Crippen LogP contribution >= 0.6 is 27.3 Å². The summed E-state index contributed by atoms with van der Waals surface area (Å²) in [6.45, 7) is 7.68. The van der Waals surface area contributed by atoms with Crippen LogP contribution in [-0.4, -0.2) is 54.0 Å². The van der Waals surface area contributed by atoms with E-state index in [2.05, 4.69) is 48.1 Å². The number of aryl methyl sites for hydroxylation is 2. The van der Waals surface area contributed by atoms with Crippen LogP contribution in [0.2, 0.25) is 0 Å². The normalized spacial score (nSPS) is 15.6. The van der Waals surface area contributed by atoms with Gasteiger partial charge in [-0.1, -0.05) is 0 Å². The van der Waals surface area contributed by atoms with Crippen LogP contribution in [0.5, 0.6) is 0 Å². The Balaban J connectivity index is 1.78. The van der Waals surface area contributed by atoms with Crippen molar-refractivity contribution in [1.82, 2.24) is 14.9 Å². The number of aromatic nitrogens is 2. The van der Waals surface area contributed by atoms with Crippen LogP contribution in [0.1, 0.15) is 21.1 Å². The third-order valence-electron chi connectivity index (χ3n) is 4.07. The van der Waals surface area contributed by atoms with Crippen molar-refractivity contribution in [3.8, 4) is 0 Å². The molecule has 1 aliphatic rings. The number of amides is 1. The number of anilines is 2. The molecule has 0 aliphatic carbocycles. The van der Waals surface area contributed by atoms with Crippen molar-refractivity contribution in [2.24, 2.45) is 0 Å². The molecule has 6 nitrogen and oxygen atoms in total. The van der Waals surface area contributed by atoms with Gasteiger partial charge in [-0.05, 0) is 42.9 Å². The summed E-state index contributed by atoms with van der Waals surface area (Å²) >= 11 is 4.77. The maximum Gasteiger partial charge on any atom is 0.265 e. The smallest absolute Gasteiger partial charge is 0.265 e. The molecule has 1 saturated heterocycles. The predicted octanol–water partition coefficient (Wildman–Crippen LogP) is 2.92. The van der Waals surface area contributed by atoms with Gasteiger partial charge in [-0.2, -0.15) is 0 Å². The zero-order valence-electron chi connectivity index (χ0n) is 14.0. The van der Waals surface area contributed by atoms with E-state index in [1.54, 1.807) is 0 Å². The van der Waals surface area contributed by atoms with Crippen LogP contribution in [0.15, 0.2) is 15.9 Å². The van der Waals surface area contributed by atoms with Crippen molar-refractivity contribution in [3.63, 3.8) is 0 Å². The van der Waals surface area contributed by atoms with E-state index in [-0.39, 0.29) is 5.91 Å². The minimum atomic E-state index is -0.132. The van der Waals surface area contributed by atoms with Gasteiger partial charge in [0.2, 0.25) is 5.95 Å². The Kier molecular flexibility index (Phi) is 5.17. The first-order valence-corrected chi connectivity index (χ1v) is 9.45. The second-order valence-electron chi connectivity index (χ2n) is 5.94. The van der Waals surface area contributed by atoms with Crippen molar-refractivity contribution in [2.75, 3.05) is 43.4 Å². The average Bonchev–Trinajstić information content (AvgIpc) is 2.98. The molecule has 3 heterocycles. The first kappa shape index (κ1) is 17.3. The van der Waals surface area contributed by atoms with E-state index in [4.69, 9.17) is 0 Å². The molecule has 0 radical (unpaired) electrons. The van der Waals surface area contributed by atoms with Crippen molar-refractivity contribution >= 4 is 44.8 Å². The predicted molar refractivity (Wildman–Crippen MR) is 101 cm³/mol. The summed E-state index contributed by atoms with van der Waals surface area (Å²) in [6.07, 6.45) is 0. The van der Waals surface area contributed by atoms with Crippen LogP contribution < -0.4 is 10.2 Å². The minimum Gasteiger partial charge on any atom is -0.338 e. The van der Waals surface area contributed by atoms with E-state index in [0.29, 0.717) is 10.6 Å². The highest BCUT2D eigenvalue weighted by Gasteiger charge is 2.20. The van der Waals surface area contributed by atoms with Gasteiger partial charge in [0.1, 0.15) is 0 Å². The number of likely N-dealkylation sites (N-methyl/N-ethyl adjacent to an activating group) is 1. The fraction of sp³-hybridized carbons (Fsp3) is 0.438. The Bertz CT molecular complexity index is 732. The number of rotatable bonds is 3. The first-order chi connectivity index (χ1) is 11.4. The molecule has 24 heavy (non-hydrogen) atoms. The number of carbonyl (C=O) groups excluding carboxylic acids is 1. The van der Waals surface area contributed by atoms with Crippen molar-refractivity contribution in [1.29, 1.82) is 0 Å². The molecule has 1 aliphatic heterocycles. The molecular weight excluding hydrogens is 390 g/mol.